The Morgan fingerprint density at radius 3 is 2.75 bits per heavy atom. The lowest BCUT2D eigenvalue weighted by Crippen LogP contribution is -2.24. The number of pyridine rings is 1. The predicted octanol–water partition coefficient (Wildman–Crippen LogP) is 2.34. The average Bonchev–Trinajstić information content (AvgIpc) is 3.31. The van der Waals surface area contributed by atoms with Gasteiger partial charge in [-0.1, -0.05) is 6.07 Å². The van der Waals surface area contributed by atoms with E-state index in [9.17, 15) is 4.79 Å². The number of carbonyl (C=O) groups excluding carboxylic acids is 1. The number of fused-ring (bicyclic) bond motifs is 1. The van der Waals surface area contributed by atoms with Crippen molar-refractivity contribution in [2.75, 3.05) is 24.8 Å². The maximum atomic E-state index is 12.2. The maximum Gasteiger partial charge on any atom is 0.270 e. The smallest absolute Gasteiger partial charge is 0.270 e. The monoisotopic (exact) mass is 325 g/mol. The van der Waals surface area contributed by atoms with Gasteiger partial charge in [-0.2, -0.15) is 0 Å². The van der Waals surface area contributed by atoms with Gasteiger partial charge in [-0.05, 0) is 42.7 Å². The van der Waals surface area contributed by atoms with Gasteiger partial charge in [0.1, 0.15) is 5.69 Å². The quantitative estimate of drug-likeness (QED) is 0.935. The van der Waals surface area contributed by atoms with Crippen LogP contribution in [0.25, 0.3) is 0 Å². The van der Waals surface area contributed by atoms with E-state index in [0.29, 0.717) is 12.2 Å². The number of nitrogens with zero attached hydrogens (tertiary/aromatic N) is 2. The molecule has 0 spiro atoms. The van der Waals surface area contributed by atoms with Gasteiger partial charge in [0.05, 0.1) is 11.9 Å². The molecule has 1 fully saturated rings. The Labute approximate surface area is 140 Å². The minimum Gasteiger partial charge on any atom is -0.454 e. The molecule has 0 unspecified atom stereocenters. The molecule has 2 aliphatic rings. The highest BCUT2D eigenvalue weighted by Crippen LogP contribution is 2.32. The number of rotatable bonds is 4. The molecule has 6 heteroatoms. The Hall–Kier alpha value is -2.76. The predicted molar refractivity (Wildman–Crippen MR) is 89.4 cm³/mol. The fraction of sp³-hybridized carbons (Fsp3) is 0.333. The van der Waals surface area contributed by atoms with Crippen LogP contribution in [0.2, 0.25) is 0 Å². The Bertz CT molecular complexity index is 740. The molecule has 1 saturated heterocycles. The third-order valence-corrected chi connectivity index (χ3v) is 4.34. The van der Waals surface area contributed by atoms with Gasteiger partial charge >= 0.3 is 0 Å². The van der Waals surface area contributed by atoms with Crippen molar-refractivity contribution in [3.8, 4) is 11.5 Å². The molecule has 4 rings (SSSR count). The van der Waals surface area contributed by atoms with Gasteiger partial charge in [0.15, 0.2) is 11.5 Å². The van der Waals surface area contributed by atoms with E-state index >= 15 is 0 Å². The number of hydrogen-bond donors (Lipinski definition) is 1. The number of anilines is 1. The molecule has 1 aromatic heterocycles. The van der Waals surface area contributed by atoms with Gasteiger partial charge in [0.25, 0.3) is 5.91 Å². The third kappa shape index (κ3) is 2.99. The molecule has 124 valence electrons. The number of benzene rings is 1. The third-order valence-electron chi connectivity index (χ3n) is 4.34. The first-order chi connectivity index (χ1) is 11.8. The number of aromatic nitrogens is 1. The highest BCUT2D eigenvalue weighted by atomic mass is 16.7. The molecule has 1 aromatic carbocycles. The summed E-state index contributed by atoms with van der Waals surface area (Å²) in [4.78, 5) is 18.8. The summed E-state index contributed by atoms with van der Waals surface area (Å²) in [6, 6.07) is 9.40. The van der Waals surface area contributed by atoms with Crippen LogP contribution < -0.4 is 19.7 Å². The second kappa shape index (κ2) is 6.39. The topological polar surface area (TPSA) is 63.7 Å². The van der Waals surface area contributed by atoms with E-state index in [0.717, 1.165) is 35.8 Å². The van der Waals surface area contributed by atoms with Crippen molar-refractivity contribution in [2.45, 2.75) is 19.4 Å². The number of amides is 1. The van der Waals surface area contributed by atoms with Crippen LogP contribution in [-0.4, -0.2) is 30.8 Å². The van der Waals surface area contributed by atoms with Crippen LogP contribution in [0.3, 0.4) is 0 Å². The zero-order valence-corrected chi connectivity index (χ0v) is 13.3. The van der Waals surface area contributed by atoms with Gasteiger partial charge in [0.2, 0.25) is 6.79 Å². The lowest BCUT2D eigenvalue weighted by molar-refractivity contribution is 0.0946. The van der Waals surface area contributed by atoms with E-state index in [-0.39, 0.29) is 12.7 Å². The number of carbonyl (C=O) groups is 1. The molecule has 0 radical (unpaired) electrons. The van der Waals surface area contributed by atoms with Gasteiger partial charge in [-0.3, -0.25) is 4.79 Å². The van der Waals surface area contributed by atoms with Crippen LogP contribution in [0, 0.1) is 0 Å². The van der Waals surface area contributed by atoms with Gasteiger partial charge in [-0.25, -0.2) is 4.98 Å². The van der Waals surface area contributed by atoms with Crippen molar-refractivity contribution >= 4 is 11.6 Å². The number of ether oxygens (including phenoxy) is 2. The van der Waals surface area contributed by atoms with Crippen LogP contribution in [-0.2, 0) is 6.54 Å². The van der Waals surface area contributed by atoms with Gasteiger partial charge in [0, 0.05) is 19.6 Å². The van der Waals surface area contributed by atoms with Crippen molar-refractivity contribution in [3.05, 3.63) is 47.8 Å². The molecule has 3 heterocycles. The van der Waals surface area contributed by atoms with Crippen molar-refractivity contribution in [3.63, 3.8) is 0 Å². The standard InChI is InChI=1S/C18H19N3O3/c22-18(15-5-4-14(11-19-15)21-7-1-2-8-21)20-10-13-3-6-16-17(9-13)24-12-23-16/h3-6,9,11H,1-2,7-8,10,12H2,(H,20,22). The highest BCUT2D eigenvalue weighted by Gasteiger charge is 2.15. The first kappa shape index (κ1) is 14.8. The summed E-state index contributed by atoms with van der Waals surface area (Å²) < 4.78 is 10.6. The van der Waals surface area contributed by atoms with Crippen LogP contribution in [0.4, 0.5) is 5.69 Å². The van der Waals surface area contributed by atoms with Gasteiger partial charge in [-0.15, -0.1) is 0 Å². The zero-order valence-electron chi connectivity index (χ0n) is 13.3. The molecule has 0 bridgehead atoms. The van der Waals surface area contributed by atoms with E-state index in [1.165, 1.54) is 12.8 Å². The summed E-state index contributed by atoms with van der Waals surface area (Å²) in [5, 5.41) is 2.88. The zero-order chi connectivity index (χ0) is 16.4. The first-order valence-corrected chi connectivity index (χ1v) is 8.17. The molecule has 1 N–H and O–H groups in total. The van der Waals surface area contributed by atoms with Crippen LogP contribution in [0.5, 0.6) is 11.5 Å². The molecule has 1 amide bonds. The van der Waals surface area contributed by atoms with E-state index in [1.54, 1.807) is 12.3 Å². The Morgan fingerprint density at radius 2 is 1.96 bits per heavy atom. The summed E-state index contributed by atoms with van der Waals surface area (Å²) in [5.74, 6) is 1.28. The minimum absolute atomic E-state index is 0.180. The van der Waals surface area contributed by atoms with Crippen molar-refractivity contribution < 1.29 is 14.3 Å². The number of nitrogens with one attached hydrogen (secondary N) is 1. The molecule has 0 atom stereocenters. The first-order valence-electron chi connectivity index (χ1n) is 8.17. The lowest BCUT2D eigenvalue weighted by atomic mass is 10.2. The molecular weight excluding hydrogens is 306 g/mol. The normalized spacial score (nSPS) is 15.6. The maximum absolute atomic E-state index is 12.2. The van der Waals surface area contributed by atoms with E-state index < -0.39 is 0 Å². The molecule has 2 aliphatic heterocycles. The molecule has 0 saturated carbocycles. The second-order valence-corrected chi connectivity index (χ2v) is 5.97. The van der Waals surface area contributed by atoms with E-state index in [1.807, 2.05) is 24.3 Å². The SMILES string of the molecule is O=C(NCc1ccc2c(c1)OCO2)c1ccc(N2CCCC2)cn1. The van der Waals surface area contributed by atoms with Crippen LogP contribution >= 0.6 is 0 Å². The van der Waals surface area contributed by atoms with Crippen LogP contribution in [0.1, 0.15) is 28.9 Å². The molecule has 2 aromatic rings. The number of hydrogen-bond acceptors (Lipinski definition) is 5. The summed E-state index contributed by atoms with van der Waals surface area (Å²) in [6.07, 6.45) is 4.22. The van der Waals surface area contributed by atoms with Gasteiger partial charge < -0.3 is 19.7 Å². The largest absolute Gasteiger partial charge is 0.454 e. The summed E-state index contributed by atoms with van der Waals surface area (Å²) in [5.41, 5.74) is 2.47. The summed E-state index contributed by atoms with van der Waals surface area (Å²) in [7, 11) is 0. The van der Waals surface area contributed by atoms with Crippen molar-refractivity contribution in [1.29, 1.82) is 0 Å². The second-order valence-electron chi connectivity index (χ2n) is 5.97. The van der Waals surface area contributed by atoms with E-state index in [2.05, 4.69) is 15.2 Å². The van der Waals surface area contributed by atoms with E-state index in [4.69, 9.17) is 9.47 Å². The molecule has 6 nitrogen and oxygen atoms in total. The lowest BCUT2D eigenvalue weighted by Gasteiger charge is -2.16. The van der Waals surface area contributed by atoms with Crippen molar-refractivity contribution in [1.82, 2.24) is 10.3 Å². The molecule has 24 heavy (non-hydrogen) atoms. The van der Waals surface area contributed by atoms with Crippen molar-refractivity contribution in [2.24, 2.45) is 0 Å². The Kier molecular flexibility index (Phi) is 3.94. The Balaban J connectivity index is 1.37. The average molecular weight is 325 g/mol. The highest BCUT2D eigenvalue weighted by molar-refractivity contribution is 5.92. The summed E-state index contributed by atoms with van der Waals surface area (Å²) in [6.45, 7) is 2.80. The molecule has 0 aliphatic carbocycles. The minimum atomic E-state index is -0.180. The summed E-state index contributed by atoms with van der Waals surface area (Å²) >= 11 is 0. The fourth-order valence-electron chi connectivity index (χ4n) is 3.01. The Morgan fingerprint density at radius 1 is 1.12 bits per heavy atom. The van der Waals surface area contributed by atoms with Crippen LogP contribution in [0.15, 0.2) is 36.5 Å². The molecular formula is C18H19N3O3. The fourth-order valence-corrected chi connectivity index (χ4v) is 3.01.